The van der Waals surface area contributed by atoms with Crippen molar-refractivity contribution in [2.75, 3.05) is 0 Å². The van der Waals surface area contributed by atoms with Crippen molar-refractivity contribution in [3.8, 4) is 0 Å². The molecule has 0 radical (unpaired) electrons. The van der Waals surface area contributed by atoms with Gasteiger partial charge in [0, 0.05) is 11.3 Å². The molecule has 1 heterocycles. The van der Waals surface area contributed by atoms with E-state index in [0.29, 0.717) is 5.92 Å². The van der Waals surface area contributed by atoms with E-state index < -0.39 is 0 Å². The second kappa shape index (κ2) is 3.81. The maximum atomic E-state index is 9.91. The van der Waals surface area contributed by atoms with Crippen LogP contribution in [0.4, 0.5) is 0 Å². The molecule has 1 aromatic heterocycles. The first-order valence-electron chi connectivity index (χ1n) is 4.98. The maximum Gasteiger partial charge on any atom is 0.0616 e. The minimum atomic E-state index is -0.133. The van der Waals surface area contributed by atoms with Gasteiger partial charge >= 0.3 is 0 Å². The molecule has 2 rings (SSSR count). The third kappa shape index (κ3) is 2.32. The van der Waals surface area contributed by atoms with E-state index >= 15 is 0 Å². The highest BCUT2D eigenvalue weighted by Crippen LogP contribution is 2.38. The van der Waals surface area contributed by atoms with Crippen LogP contribution in [0.1, 0.15) is 24.6 Å². The summed E-state index contributed by atoms with van der Waals surface area (Å²) in [4.78, 5) is 1.31. The summed E-state index contributed by atoms with van der Waals surface area (Å²) in [6.07, 6.45) is 3.35. The Labute approximate surface area is 83.4 Å². The minimum absolute atomic E-state index is 0.133. The summed E-state index contributed by atoms with van der Waals surface area (Å²) in [6, 6.07) is 4.15. The van der Waals surface area contributed by atoms with Crippen LogP contribution in [0.5, 0.6) is 0 Å². The highest BCUT2D eigenvalue weighted by atomic mass is 32.1. The fourth-order valence-electron chi connectivity index (χ4n) is 1.76. The van der Waals surface area contributed by atoms with Crippen LogP contribution in [-0.2, 0) is 6.42 Å². The molecule has 1 nitrogen and oxygen atoms in total. The average molecular weight is 196 g/mol. The van der Waals surface area contributed by atoms with Gasteiger partial charge in [-0.05, 0) is 36.1 Å². The van der Waals surface area contributed by atoms with E-state index in [1.807, 2.05) is 0 Å². The van der Waals surface area contributed by atoms with Gasteiger partial charge in [-0.15, -0.1) is 11.3 Å². The summed E-state index contributed by atoms with van der Waals surface area (Å²) < 4.78 is 0. The van der Waals surface area contributed by atoms with Crippen molar-refractivity contribution in [3.05, 3.63) is 22.4 Å². The fraction of sp³-hybridized carbons (Fsp3) is 0.636. The SMILES string of the molecule is CC(C(O)Cc1cccs1)C1CC1. The fourth-order valence-corrected chi connectivity index (χ4v) is 2.51. The molecule has 1 aliphatic rings. The van der Waals surface area contributed by atoms with Gasteiger partial charge in [0.1, 0.15) is 0 Å². The third-order valence-electron chi connectivity index (χ3n) is 2.96. The Morgan fingerprint density at radius 3 is 2.92 bits per heavy atom. The molecule has 2 heteroatoms. The molecule has 1 fully saturated rings. The number of hydrogen-bond acceptors (Lipinski definition) is 2. The van der Waals surface area contributed by atoms with Gasteiger partial charge in [-0.25, -0.2) is 0 Å². The van der Waals surface area contributed by atoms with Crippen LogP contribution in [0.2, 0.25) is 0 Å². The van der Waals surface area contributed by atoms with Gasteiger partial charge in [-0.3, -0.25) is 0 Å². The van der Waals surface area contributed by atoms with Crippen molar-refractivity contribution in [2.24, 2.45) is 11.8 Å². The van der Waals surface area contributed by atoms with Gasteiger partial charge in [0.2, 0.25) is 0 Å². The predicted molar refractivity (Wildman–Crippen MR) is 55.9 cm³/mol. The molecule has 2 unspecified atom stereocenters. The van der Waals surface area contributed by atoms with Crippen molar-refractivity contribution >= 4 is 11.3 Å². The lowest BCUT2D eigenvalue weighted by Crippen LogP contribution is -2.21. The zero-order chi connectivity index (χ0) is 9.26. The quantitative estimate of drug-likeness (QED) is 0.785. The van der Waals surface area contributed by atoms with Crippen LogP contribution < -0.4 is 0 Å². The van der Waals surface area contributed by atoms with Crippen molar-refractivity contribution in [3.63, 3.8) is 0 Å². The number of aliphatic hydroxyl groups is 1. The van der Waals surface area contributed by atoms with Gasteiger partial charge < -0.3 is 5.11 Å². The molecule has 13 heavy (non-hydrogen) atoms. The van der Waals surface area contributed by atoms with Gasteiger partial charge in [-0.2, -0.15) is 0 Å². The Bertz CT molecular complexity index is 251. The van der Waals surface area contributed by atoms with Gasteiger partial charge in [0.05, 0.1) is 6.10 Å². The molecule has 0 saturated heterocycles. The monoisotopic (exact) mass is 196 g/mol. The predicted octanol–water partition coefficient (Wildman–Crippen LogP) is 2.70. The van der Waals surface area contributed by atoms with Crippen LogP contribution in [0.25, 0.3) is 0 Å². The summed E-state index contributed by atoms with van der Waals surface area (Å²) in [6.45, 7) is 2.18. The third-order valence-corrected chi connectivity index (χ3v) is 3.86. The molecule has 1 saturated carbocycles. The van der Waals surface area contributed by atoms with Crippen LogP contribution in [0, 0.1) is 11.8 Å². The van der Waals surface area contributed by atoms with E-state index in [4.69, 9.17) is 0 Å². The van der Waals surface area contributed by atoms with Gasteiger partial charge in [0.15, 0.2) is 0 Å². The zero-order valence-electron chi connectivity index (χ0n) is 7.94. The highest BCUT2D eigenvalue weighted by Gasteiger charge is 2.32. The van der Waals surface area contributed by atoms with Crippen molar-refractivity contribution in [2.45, 2.75) is 32.3 Å². The lowest BCUT2D eigenvalue weighted by atomic mass is 9.96. The number of thiophene rings is 1. The van der Waals surface area contributed by atoms with Gasteiger partial charge in [0.25, 0.3) is 0 Å². The standard InChI is InChI=1S/C11H16OS/c1-8(9-4-5-9)11(12)7-10-3-2-6-13-10/h2-3,6,8-9,11-12H,4-5,7H2,1H3. The van der Waals surface area contributed by atoms with E-state index in [9.17, 15) is 5.11 Å². The minimum Gasteiger partial charge on any atom is -0.392 e. The average Bonchev–Trinajstić information content (AvgIpc) is 2.85. The maximum absolute atomic E-state index is 9.91. The molecular weight excluding hydrogens is 180 g/mol. The molecule has 1 N–H and O–H groups in total. The van der Waals surface area contributed by atoms with Crippen molar-refractivity contribution in [1.29, 1.82) is 0 Å². The summed E-state index contributed by atoms with van der Waals surface area (Å²) >= 11 is 1.74. The normalized spacial score (nSPS) is 21.4. The first-order valence-corrected chi connectivity index (χ1v) is 5.86. The molecule has 0 spiro atoms. The first kappa shape index (κ1) is 9.22. The Kier molecular flexibility index (Phi) is 2.70. The Balaban J connectivity index is 1.86. The molecule has 0 amide bonds. The molecule has 0 bridgehead atoms. The smallest absolute Gasteiger partial charge is 0.0616 e. The Morgan fingerprint density at radius 1 is 1.62 bits per heavy atom. The lowest BCUT2D eigenvalue weighted by molar-refractivity contribution is 0.106. The number of rotatable bonds is 4. The molecule has 0 aromatic carbocycles. The van der Waals surface area contributed by atoms with E-state index in [-0.39, 0.29) is 6.10 Å². The second-order valence-electron chi connectivity index (χ2n) is 4.05. The molecule has 1 aromatic rings. The number of hydrogen-bond donors (Lipinski definition) is 1. The van der Waals surface area contributed by atoms with E-state index in [1.165, 1.54) is 17.7 Å². The zero-order valence-corrected chi connectivity index (χ0v) is 8.76. The molecule has 1 aliphatic carbocycles. The van der Waals surface area contributed by atoms with E-state index in [0.717, 1.165) is 12.3 Å². The highest BCUT2D eigenvalue weighted by molar-refractivity contribution is 7.09. The molecule has 2 atom stereocenters. The lowest BCUT2D eigenvalue weighted by Gasteiger charge is -2.17. The van der Waals surface area contributed by atoms with E-state index in [2.05, 4.69) is 24.4 Å². The van der Waals surface area contributed by atoms with Crippen molar-refractivity contribution < 1.29 is 5.11 Å². The van der Waals surface area contributed by atoms with E-state index in [1.54, 1.807) is 11.3 Å². The molecular formula is C11H16OS. The second-order valence-corrected chi connectivity index (χ2v) is 5.08. The topological polar surface area (TPSA) is 20.2 Å². The van der Waals surface area contributed by atoms with Crippen LogP contribution in [0.3, 0.4) is 0 Å². The van der Waals surface area contributed by atoms with Crippen molar-refractivity contribution in [1.82, 2.24) is 0 Å². The van der Waals surface area contributed by atoms with Gasteiger partial charge in [-0.1, -0.05) is 13.0 Å². The molecule has 72 valence electrons. The summed E-state index contributed by atoms with van der Waals surface area (Å²) in [5.41, 5.74) is 0. The van der Waals surface area contributed by atoms with Crippen LogP contribution in [-0.4, -0.2) is 11.2 Å². The molecule has 0 aliphatic heterocycles. The summed E-state index contributed by atoms with van der Waals surface area (Å²) in [5.74, 6) is 1.29. The summed E-state index contributed by atoms with van der Waals surface area (Å²) in [7, 11) is 0. The Hall–Kier alpha value is -0.340. The number of aliphatic hydroxyl groups excluding tert-OH is 1. The largest absolute Gasteiger partial charge is 0.392 e. The first-order chi connectivity index (χ1) is 6.27. The van der Waals surface area contributed by atoms with Crippen LogP contribution in [0.15, 0.2) is 17.5 Å². The summed E-state index contributed by atoms with van der Waals surface area (Å²) in [5, 5.41) is 12.0. The van der Waals surface area contributed by atoms with Crippen LogP contribution >= 0.6 is 11.3 Å². The Morgan fingerprint density at radius 2 is 2.38 bits per heavy atom.